The van der Waals surface area contributed by atoms with E-state index in [0.29, 0.717) is 5.82 Å². The van der Waals surface area contributed by atoms with Crippen molar-refractivity contribution in [1.29, 1.82) is 0 Å². The lowest BCUT2D eigenvalue weighted by Crippen LogP contribution is -1.98. The standard InChI is InChI=1S/C18H19N3/c1-12-7-9-14(10-8-12)17-16(18(19)21(3)20-17)15-6-4-5-13(2)11-15/h4-11H,19H2,1-3H3. The van der Waals surface area contributed by atoms with Crippen LogP contribution in [0.5, 0.6) is 0 Å². The van der Waals surface area contributed by atoms with Crippen molar-refractivity contribution in [3.05, 3.63) is 59.7 Å². The van der Waals surface area contributed by atoms with E-state index in [1.54, 1.807) is 4.68 Å². The van der Waals surface area contributed by atoms with Crippen LogP contribution in [0.4, 0.5) is 5.82 Å². The van der Waals surface area contributed by atoms with Crippen molar-refractivity contribution in [2.75, 3.05) is 5.73 Å². The molecule has 2 aromatic carbocycles. The van der Waals surface area contributed by atoms with E-state index in [1.807, 2.05) is 7.05 Å². The van der Waals surface area contributed by atoms with Crippen LogP contribution in [0, 0.1) is 13.8 Å². The van der Waals surface area contributed by atoms with Crippen LogP contribution in [0.2, 0.25) is 0 Å². The molecule has 0 aliphatic carbocycles. The molecule has 0 aliphatic rings. The molecule has 3 nitrogen and oxygen atoms in total. The largest absolute Gasteiger partial charge is 0.383 e. The van der Waals surface area contributed by atoms with E-state index in [1.165, 1.54) is 11.1 Å². The lowest BCUT2D eigenvalue weighted by molar-refractivity contribution is 0.782. The Hall–Kier alpha value is -2.55. The smallest absolute Gasteiger partial charge is 0.129 e. The lowest BCUT2D eigenvalue weighted by Gasteiger charge is -2.06. The average molecular weight is 277 g/mol. The summed E-state index contributed by atoms with van der Waals surface area (Å²) in [7, 11) is 1.88. The number of hydrogen-bond acceptors (Lipinski definition) is 2. The number of aryl methyl sites for hydroxylation is 3. The molecule has 2 N–H and O–H groups in total. The van der Waals surface area contributed by atoms with Gasteiger partial charge in [-0.3, -0.25) is 4.68 Å². The summed E-state index contributed by atoms with van der Waals surface area (Å²) >= 11 is 0. The van der Waals surface area contributed by atoms with Gasteiger partial charge in [0.1, 0.15) is 11.5 Å². The molecule has 0 bridgehead atoms. The van der Waals surface area contributed by atoms with E-state index in [0.717, 1.165) is 22.4 Å². The highest BCUT2D eigenvalue weighted by atomic mass is 15.3. The molecule has 1 heterocycles. The Kier molecular flexibility index (Phi) is 3.26. The molecular weight excluding hydrogens is 258 g/mol. The minimum atomic E-state index is 0.691. The van der Waals surface area contributed by atoms with Crippen molar-refractivity contribution >= 4 is 5.82 Å². The van der Waals surface area contributed by atoms with Crippen LogP contribution in [-0.4, -0.2) is 9.78 Å². The van der Waals surface area contributed by atoms with Crippen LogP contribution in [-0.2, 0) is 7.05 Å². The first-order valence-corrected chi connectivity index (χ1v) is 7.03. The number of hydrogen-bond donors (Lipinski definition) is 1. The van der Waals surface area contributed by atoms with E-state index < -0.39 is 0 Å². The zero-order valence-electron chi connectivity index (χ0n) is 12.6. The predicted molar refractivity (Wildman–Crippen MR) is 88.0 cm³/mol. The number of anilines is 1. The van der Waals surface area contributed by atoms with Crippen molar-refractivity contribution in [1.82, 2.24) is 9.78 Å². The fourth-order valence-electron chi connectivity index (χ4n) is 2.54. The molecule has 106 valence electrons. The molecule has 21 heavy (non-hydrogen) atoms. The van der Waals surface area contributed by atoms with E-state index >= 15 is 0 Å². The van der Waals surface area contributed by atoms with Crippen LogP contribution in [0.15, 0.2) is 48.5 Å². The Morgan fingerprint density at radius 3 is 2.29 bits per heavy atom. The fraction of sp³-hybridized carbons (Fsp3) is 0.167. The zero-order chi connectivity index (χ0) is 15.0. The summed E-state index contributed by atoms with van der Waals surface area (Å²) in [6.45, 7) is 4.17. The van der Waals surface area contributed by atoms with Gasteiger partial charge >= 0.3 is 0 Å². The van der Waals surface area contributed by atoms with Gasteiger partial charge in [-0.25, -0.2) is 0 Å². The minimum Gasteiger partial charge on any atom is -0.383 e. The normalized spacial score (nSPS) is 10.8. The molecule has 0 saturated carbocycles. The molecule has 3 rings (SSSR count). The van der Waals surface area contributed by atoms with E-state index in [-0.39, 0.29) is 0 Å². The number of nitrogens with zero attached hydrogens (tertiary/aromatic N) is 2. The van der Waals surface area contributed by atoms with E-state index in [4.69, 9.17) is 5.73 Å². The molecule has 3 aromatic rings. The first-order valence-electron chi connectivity index (χ1n) is 7.03. The van der Waals surface area contributed by atoms with Gasteiger partial charge in [-0.1, -0.05) is 59.7 Å². The summed E-state index contributed by atoms with van der Waals surface area (Å²) < 4.78 is 1.74. The molecule has 0 aliphatic heterocycles. The van der Waals surface area contributed by atoms with Crippen LogP contribution >= 0.6 is 0 Å². The fourth-order valence-corrected chi connectivity index (χ4v) is 2.54. The quantitative estimate of drug-likeness (QED) is 0.770. The average Bonchev–Trinajstić information content (AvgIpc) is 2.76. The van der Waals surface area contributed by atoms with Gasteiger partial charge in [-0.15, -0.1) is 0 Å². The number of aromatic nitrogens is 2. The van der Waals surface area contributed by atoms with Gasteiger partial charge in [0.25, 0.3) is 0 Å². The third kappa shape index (κ3) is 2.42. The van der Waals surface area contributed by atoms with Crippen LogP contribution < -0.4 is 5.73 Å². The van der Waals surface area contributed by atoms with Crippen molar-refractivity contribution in [2.24, 2.45) is 7.05 Å². The predicted octanol–water partition coefficient (Wildman–Crippen LogP) is 3.95. The van der Waals surface area contributed by atoms with Gasteiger partial charge in [0.15, 0.2) is 0 Å². The van der Waals surface area contributed by atoms with Crippen molar-refractivity contribution in [3.63, 3.8) is 0 Å². The number of rotatable bonds is 2. The van der Waals surface area contributed by atoms with Gasteiger partial charge in [-0.05, 0) is 19.4 Å². The number of nitrogens with two attached hydrogens (primary N) is 1. The number of benzene rings is 2. The van der Waals surface area contributed by atoms with Crippen LogP contribution in [0.25, 0.3) is 22.4 Å². The summed E-state index contributed by atoms with van der Waals surface area (Å²) in [5.41, 5.74) is 12.8. The highest BCUT2D eigenvalue weighted by molar-refractivity contribution is 5.88. The summed E-state index contributed by atoms with van der Waals surface area (Å²) in [6, 6.07) is 16.7. The van der Waals surface area contributed by atoms with Gasteiger partial charge < -0.3 is 5.73 Å². The van der Waals surface area contributed by atoms with Crippen molar-refractivity contribution in [2.45, 2.75) is 13.8 Å². The van der Waals surface area contributed by atoms with E-state index in [2.05, 4.69) is 67.5 Å². The summed E-state index contributed by atoms with van der Waals surface area (Å²) in [4.78, 5) is 0. The van der Waals surface area contributed by atoms with E-state index in [9.17, 15) is 0 Å². The third-order valence-corrected chi connectivity index (χ3v) is 3.72. The SMILES string of the molecule is Cc1ccc(-c2nn(C)c(N)c2-c2cccc(C)c2)cc1. The molecule has 0 saturated heterocycles. The van der Waals surface area contributed by atoms with Gasteiger partial charge in [0.2, 0.25) is 0 Å². The van der Waals surface area contributed by atoms with Gasteiger partial charge in [0, 0.05) is 12.6 Å². The molecule has 1 aromatic heterocycles. The Labute approximate surface area is 125 Å². The second kappa shape index (κ2) is 5.09. The Morgan fingerprint density at radius 2 is 1.62 bits per heavy atom. The number of nitrogen functional groups attached to an aromatic ring is 1. The first-order chi connectivity index (χ1) is 10.1. The monoisotopic (exact) mass is 277 g/mol. The maximum Gasteiger partial charge on any atom is 0.129 e. The molecule has 0 atom stereocenters. The molecule has 0 fully saturated rings. The maximum absolute atomic E-state index is 6.25. The van der Waals surface area contributed by atoms with Crippen molar-refractivity contribution < 1.29 is 0 Å². The topological polar surface area (TPSA) is 43.8 Å². The molecule has 0 amide bonds. The molecule has 0 unspecified atom stereocenters. The Morgan fingerprint density at radius 1 is 0.905 bits per heavy atom. The second-order valence-corrected chi connectivity index (χ2v) is 5.47. The Balaban J connectivity index is 2.23. The summed E-state index contributed by atoms with van der Waals surface area (Å²) in [5.74, 6) is 0.691. The molecular formula is C18H19N3. The maximum atomic E-state index is 6.25. The highest BCUT2D eigenvalue weighted by Crippen LogP contribution is 2.36. The van der Waals surface area contributed by atoms with Crippen LogP contribution in [0.3, 0.4) is 0 Å². The summed E-state index contributed by atoms with van der Waals surface area (Å²) in [6.07, 6.45) is 0. The van der Waals surface area contributed by atoms with Gasteiger partial charge in [0.05, 0.1) is 5.56 Å². The lowest BCUT2D eigenvalue weighted by atomic mass is 9.99. The van der Waals surface area contributed by atoms with Gasteiger partial charge in [-0.2, -0.15) is 5.10 Å². The first kappa shape index (κ1) is 13.4. The Bertz CT molecular complexity index is 783. The summed E-state index contributed by atoms with van der Waals surface area (Å²) in [5, 5.41) is 4.61. The third-order valence-electron chi connectivity index (χ3n) is 3.72. The highest BCUT2D eigenvalue weighted by Gasteiger charge is 2.17. The second-order valence-electron chi connectivity index (χ2n) is 5.47. The molecule has 0 radical (unpaired) electrons. The molecule has 3 heteroatoms. The molecule has 0 spiro atoms. The van der Waals surface area contributed by atoms with Crippen molar-refractivity contribution in [3.8, 4) is 22.4 Å². The zero-order valence-corrected chi connectivity index (χ0v) is 12.6. The minimum absolute atomic E-state index is 0.691. The van der Waals surface area contributed by atoms with Crippen LogP contribution in [0.1, 0.15) is 11.1 Å².